The highest BCUT2D eigenvalue weighted by Gasteiger charge is 2.23. The van der Waals surface area contributed by atoms with Crippen LogP contribution in [0.15, 0.2) is 30.3 Å². The highest BCUT2D eigenvalue weighted by molar-refractivity contribution is 5.94. The lowest BCUT2D eigenvalue weighted by atomic mass is 10.1. The van der Waals surface area contributed by atoms with Gasteiger partial charge in [0.05, 0.1) is 18.8 Å². The third-order valence-electron chi connectivity index (χ3n) is 2.21. The molecule has 0 aliphatic rings. The number of aliphatic hydroxyl groups excluding tert-OH is 2. The number of nitrogens with one attached hydrogen (secondary N) is 1. The summed E-state index contributed by atoms with van der Waals surface area (Å²) in [6.07, 6.45) is 0. The third kappa shape index (κ3) is 4.27. The zero-order valence-electron chi connectivity index (χ0n) is 9.60. The van der Waals surface area contributed by atoms with E-state index in [2.05, 4.69) is 17.2 Å². The minimum absolute atomic E-state index is 0.345. The SMILES string of the molecule is CC(CO)(CO)NC(=O)C#Cc1ccccc1. The Labute approximate surface area is 100 Å². The largest absolute Gasteiger partial charge is 0.394 e. The third-order valence-corrected chi connectivity index (χ3v) is 2.21. The summed E-state index contributed by atoms with van der Waals surface area (Å²) in [5.74, 6) is 4.56. The van der Waals surface area contributed by atoms with E-state index in [4.69, 9.17) is 10.2 Å². The summed E-state index contributed by atoms with van der Waals surface area (Å²) in [5, 5.41) is 20.4. The van der Waals surface area contributed by atoms with Crippen molar-refractivity contribution >= 4 is 5.91 Å². The van der Waals surface area contributed by atoms with Crippen molar-refractivity contribution in [2.24, 2.45) is 0 Å². The van der Waals surface area contributed by atoms with E-state index in [-0.39, 0.29) is 13.2 Å². The first-order chi connectivity index (χ1) is 8.09. The zero-order valence-corrected chi connectivity index (χ0v) is 9.60. The van der Waals surface area contributed by atoms with Crippen molar-refractivity contribution in [2.45, 2.75) is 12.5 Å². The zero-order chi connectivity index (χ0) is 12.7. The number of rotatable bonds is 3. The van der Waals surface area contributed by atoms with Crippen molar-refractivity contribution in [3.63, 3.8) is 0 Å². The molecule has 0 unspecified atom stereocenters. The molecule has 1 rings (SSSR count). The monoisotopic (exact) mass is 233 g/mol. The van der Waals surface area contributed by atoms with Gasteiger partial charge in [-0.05, 0) is 19.1 Å². The summed E-state index contributed by atoms with van der Waals surface area (Å²) in [7, 11) is 0. The molecule has 0 spiro atoms. The lowest BCUT2D eigenvalue weighted by Gasteiger charge is -2.24. The molecule has 17 heavy (non-hydrogen) atoms. The Morgan fingerprint density at radius 1 is 1.29 bits per heavy atom. The normalized spacial score (nSPS) is 10.3. The maximum Gasteiger partial charge on any atom is 0.296 e. The number of amides is 1. The van der Waals surface area contributed by atoms with Gasteiger partial charge in [0.15, 0.2) is 0 Å². The molecule has 1 amide bonds. The summed E-state index contributed by atoms with van der Waals surface area (Å²) in [6.45, 7) is 0.847. The average molecular weight is 233 g/mol. The minimum atomic E-state index is -1.04. The predicted octanol–water partition coefficient (Wildman–Crippen LogP) is -0.102. The maximum atomic E-state index is 11.4. The molecule has 4 heteroatoms. The molecule has 0 heterocycles. The van der Waals surface area contributed by atoms with E-state index in [9.17, 15) is 4.79 Å². The molecule has 0 fully saturated rings. The quantitative estimate of drug-likeness (QED) is 0.638. The van der Waals surface area contributed by atoms with Crippen LogP contribution in [0.5, 0.6) is 0 Å². The van der Waals surface area contributed by atoms with E-state index in [1.165, 1.54) is 6.92 Å². The van der Waals surface area contributed by atoms with Crippen molar-refractivity contribution in [2.75, 3.05) is 13.2 Å². The molecule has 0 saturated carbocycles. The van der Waals surface area contributed by atoms with Crippen molar-refractivity contribution in [3.05, 3.63) is 35.9 Å². The van der Waals surface area contributed by atoms with Crippen LogP contribution in [-0.4, -0.2) is 34.9 Å². The fraction of sp³-hybridized carbons (Fsp3) is 0.308. The highest BCUT2D eigenvalue weighted by Crippen LogP contribution is 2.00. The predicted molar refractivity (Wildman–Crippen MR) is 64.0 cm³/mol. The van der Waals surface area contributed by atoms with Crippen LogP contribution in [0.4, 0.5) is 0 Å². The Balaban J connectivity index is 2.65. The van der Waals surface area contributed by atoms with Gasteiger partial charge in [-0.3, -0.25) is 4.79 Å². The molecule has 0 radical (unpaired) electrons. The number of benzene rings is 1. The van der Waals surface area contributed by atoms with Gasteiger partial charge in [-0.25, -0.2) is 0 Å². The fourth-order valence-corrected chi connectivity index (χ4v) is 1.08. The second-order valence-corrected chi connectivity index (χ2v) is 3.95. The molecule has 4 nitrogen and oxygen atoms in total. The first kappa shape index (κ1) is 13.2. The van der Waals surface area contributed by atoms with Crippen LogP contribution in [0.1, 0.15) is 12.5 Å². The van der Waals surface area contributed by atoms with Crippen LogP contribution in [0.25, 0.3) is 0 Å². The second-order valence-electron chi connectivity index (χ2n) is 3.95. The molecule has 0 saturated heterocycles. The summed E-state index contributed by atoms with van der Waals surface area (Å²) in [6, 6.07) is 9.09. The van der Waals surface area contributed by atoms with Crippen LogP contribution >= 0.6 is 0 Å². The highest BCUT2D eigenvalue weighted by atomic mass is 16.3. The average Bonchev–Trinajstić information content (AvgIpc) is 2.37. The molecular weight excluding hydrogens is 218 g/mol. The fourth-order valence-electron chi connectivity index (χ4n) is 1.08. The van der Waals surface area contributed by atoms with Crippen molar-refractivity contribution < 1.29 is 15.0 Å². The van der Waals surface area contributed by atoms with Gasteiger partial charge in [-0.15, -0.1) is 0 Å². The van der Waals surface area contributed by atoms with E-state index in [1.807, 2.05) is 18.2 Å². The number of carbonyl (C=O) groups excluding carboxylic acids is 1. The topological polar surface area (TPSA) is 69.6 Å². The van der Waals surface area contributed by atoms with Gasteiger partial charge in [-0.1, -0.05) is 24.1 Å². The van der Waals surface area contributed by atoms with Crippen molar-refractivity contribution in [3.8, 4) is 11.8 Å². The van der Waals surface area contributed by atoms with Gasteiger partial charge in [0.1, 0.15) is 0 Å². The van der Waals surface area contributed by atoms with E-state index in [0.717, 1.165) is 5.56 Å². The van der Waals surface area contributed by atoms with E-state index in [1.54, 1.807) is 12.1 Å². The van der Waals surface area contributed by atoms with Crippen LogP contribution in [0.3, 0.4) is 0 Å². The number of carbonyl (C=O) groups is 1. The lowest BCUT2D eigenvalue weighted by Crippen LogP contribution is -2.51. The van der Waals surface area contributed by atoms with E-state index in [0.29, 0.717) is 0 Å². The molecule has 3 N–H and O–H groups in total. The summed E-state index contributed by atoms with van der Waals surface area (Å²) in [4.78, 5) is 11.4. The van der Waals surface area contributed by atoms with Crippen molar-refractivity contribution in [1.82, 2.24) is 5.32 Å². The summed E-state index contributed by atoms with van der Waals surface area (Å²) in [5.41, 5.74) is -0.306. The smallest absolute Gasteiger partial charge is 0.296 e. The van der Waals surface area contributed by atoms with Crippen molar-refractivity contribution in [1.29, 1.82) is 0 Å². The van der Waals surface area contributed by atoms with Gasteiger partial charge in [0.2, 0.25) is 0 Å². The Morgan fingerprint density at radius 2 is 1.88 bits per heavy atom. The lowest BCUT2D eigenvalue weighted by molar-refractivity contribution is -0.118. The number of hydrogen-bond acceptors (Lipinski definition) is 3. The van der Waals surface area contributed by atoms with E-state index >= 15 is 0 Å². The molecule has 1 aromatic carbocycles. The van der Waals surface area contributed by atoms with Gasteiger partial charge < -0.3 is 15.5 Å². The molecular formula is C13H15NO3. The maximum absolute atomic E-state index is 11.4. The van der Waals surface area contributed by atoms with Gasteiger partial charge in [0.25, 0.3) is 5.91 Å². The Hall–Kier alpha value is -1.83. The van der Waals surface area contributed by atoms with Crippen LogP contribution in [0, 0.1) is 11.8 Å². The molecule has 1 aromatic rings. The number of aliphatic hydroxyl groups is 2. The summed E-state index contributed by atoms with van der Waals surface area (Å²) < 4.78 is 0. The van der Waals surface area contributed by atoms with Gasteiger partial charge >= 0.3 is 0 Å². The van der Waals surface area contributed by atoms with Crippen LogP contribution in [-0.2, 0) is 4.79 Å². The van der Waals surface area contributed by atoms with Crippen LogP contribution in [0.2, 0.25) is 0 Å². The standard InChI is InChI=1S/C13H15NO3/c1-13(9-15,10-16)14-12(17)8-7-11-5-3-2-4-6-11/h2-6,15-16H,9-10H2,1H3,(H,14,17). The Kier molecular flexibility index (Phi) is 4.70. The molecule has 0 aromatic heterocycles. The van der Waals surface area contributed by atoms with Gasteiger partial charge in [-0.2, -0.15) is 0 Å². The molecule has 0 atom stereocenters. The minimum Gasteiger partial charge on any atom is -0.394 e. The first-order valence-electron chi connectivity index (χ1n) is 5.20. The van der Waals surface area contributed by atoms with Gasteiger partial charge in [0, 0.05) is 11.5 Å². The molecule has 0 bridgehead atoms. The summed E-state index contributed by atoms with van der Waals surface area (Å²) >= 11 is 0. The number of hydrogen-bond donors (Lipinski definition) is 3. The first-order valence-corrected chi connectivity index (χ1v) is 5.20. The Bertz CT molecular complexity index is 427. The van der Waals surface area contributed by atoms with E-state index < -0.39 is 11.4 Å². The van der Waals surface area contributed by atoms with Crippen LogP contribution < -0.4 is 5.32 Å². The Morgan fingerprint density at radius 3 is 2.41 bits per heavy atom. The molecule has 0 aliphatic carbocycles. The molecule has 0 aliphatic heterocycles. The molecule has 90 valence electrons. The second kappa shape index (κ2) is 6.04.